The number of aliphatic hydroxyl groups is 1. The third-order valence-electron chi connectivity index (χ3n) is 4.26. The molecule has 3 rings (SSSR count). The number of aliphatic hydroxyl groups excluding tert-OH is 1. The summed E-state index contributed by atoms with van der Waals surface area (Å²) in [6.07, 6.45) is 0.0596. The number of furan rings is 1. The first kappa shape index (κ1) is 22.3. The second-order valence-electron chi connectivity index (χ2n) is 6.94. The van der Waals surface area contributed by atoms with Crippen molar-refractivity contribution in [3.05, 3.63) is 65.9 Å². The van der Waals surface area contributed by atoms with Crippen molar-refractivity contribution in [3.8, 4) is 22.8 Å². The Kier molecular flexibility index (Phi) is 7.28. The zero-order valence-electron chi connectivity index (χ0n) is 17.5. The van der Waals surface area contributed by atoms with E-state index in [1.165, 1.54) is 0 Å². The quantitative estimate of drug-likeness (QED) is 0.470. The minimum atomic E-state index is -0.329. The molecule has 0 bridgehead atoms. The highest BCUT2D eigenvalue weighted by molar-refractivity contribution is 7.80. The molecule has 162 valence electrons. The Hall–Kier alpha value is -3.36. The Labute approximate surface area is 186 Å². The van der Waals surface area contributed by atoms with Crippen molar-refractivity contribution in [2.24, 2.45) is 0 Å². The highest BCUT2D eigenvalue weighted by Crippen LogP contribution is 2.33. The van der Waals surface area contributed by atoms with Gasteiger partial charge in [-0.2, -0.15) is 0 Å². The van der Waals surface area contributed by atoms with E-state index in [1.807, 2.05) is 13.8 Å². The fourth-order valence-corrected chi connectivity index (χ4v) is 3.09. The van der Waals surface area contributed by atoms with Gasteiger partial charge in [-0.3, -0.25) is 10.1 Å². The molecule has 0 unspecified atom stereocenters. The molecule has 1 amide bonds. The Morgan fingerprint density at radius 2 is 1.87 bits per heavy atom. The predicted octanol–water partition coefficient (Wildman–Crippen LogP) is 4.36. The topological polar surface area (TPSA) is 93.0 Å². The summed E-state index contributed by atoms with van der Waals surface area (Å²) in [4.78, 5) is 12.4. The molecule has 31 heavy (non-hydrogen) atoms. The monoisotopic (exact) mass is 440 g/mol. The maximum atomic E-state index is 12.4. The van der Waals surface area contributed by atoms with Gasteiger partial charge >= 0.3 is 0 Å². The average molecular weight is 441 g/mol. The van der Waals surface area contributed by atoms with Crippen molar-refractivity contribution >= 4 is 28.9 Å². The molecule has 0 atom stereocenters. The molecule has 8 heteroatoms. The Balaban J connectivity index is 1.65. The van der Waals surface area contributed by atoms with Crippen LogP contribution in [-0.4, -0.2) is 29.3 Å². The highest BCUT2D eigenvalue weighted by atomic mass is 32.1. The summed E-state index contributed by atoms with van der Waals surface area (Å²) in [5.74, 6) is 1.96. The Morgan fingerprint density at radius 3 is 2.48 bits per heavy atom. The molecule has 7 nitrogen and oxygen atoms in total. The van der Waals surface area contributed by atoms with Crippen LogP contribution in [0.1, 0.15) is 30.0 Å². The summed E-state index contributed by atoms with van der Waals surface area (Å²) in [5, 5.41) is 15.0. The first-order valence-electron chi connectivity index (χ1n) is 9.66. The van der Waals surface area contributed by atoms with Gasteiger partial charge in [0.25, 0.3) is 5.91 Å². The number of rotatable bonds is 7. The predicted molar refractivity (Wildman–Crippen MR) is 123 cm³/mol. The van der Waals surface area contributed by atoms with Crippen molar-refractivity contribution in [3.63, 3.8) is 0 Å². The smallest absolute Gasteiger partial charge is 0.257 e. The summed E-state index contributed by atoms with van der Waals surface area (Å²) in [5.41, 5.74) is 1.83. The summed E-state index contributed by atoms with van der Waals surface area (Å²) in [6.45, 7) is 3.70. The number of carbonyl (C=O) groups excluding carboxylic acids is 1. The molecule has 1 heterocycles. The van der Waals surface area contributed by atoms with Crippen molar-refractivity contribution in [2.45, 2.75) is 26.6 Å². The number of carbonyl (C=O) groups is 1. The largest absolute Gasteiger partial charge is 0.496 e. The van der Waals surface area contributed by atoms with Crippen LogP contribution in [0, 0.1) is 0 Å². The van der Waals surface area contributed by atoms with Gasteiger partial charge in [-0.15, -0.1) is 0 Å². The minimum Gasteiger partial charge on any atom is -0.496 e. The van der Waals surface area contributed by atoms with E-state index in [2.05, 4.69) is 10.6 Å². The lowest BCUT2D eigenvalue weighted by Gasteiger charge is -2.13. The van der Waals surface area contributed by atoms with Crippen LogP contribution in [-0.2, 0) is 6.61 Å². The lowest BCUT2D eigenvalue weighted by atomic mass is 10.1. The molecule has 3 aromatic rings. The number of benzene rings is 2. The van der Waals surface area contributed by atoms with E-state index in [4.69, 9.17) is 26.1 Å². The summed E-state index contributed by atoms with van der Waals surface area (Å²) in [6, 6.07) is 15.6. The number of nitrogens with one attached hydrogen (secondary N) is 2. The second-order valence-corrected chi connectivity index (χ2v) is 7.35. The Bertz CT molecular complexity index is 1060. The molecular formula is C23H24N2O5S. The van der Waals surface area contributed by atoms with Gasteiger partial charge in [0.05, 0.1) is 18.8 Å². The third kappa shape index (κ3) is 5.84. The maximum absolute atomic E-state index is 12.4. The van der Waals surface area contributed by atoms with E-state index in [0.717, 1.165) is 5.56 Å². The van der Waals surface area contributed by atoms with Crippen LogP contribution >= 0.6 is 12.2 Å². The zero-order valence-corrected chi connectivity index (χ0v) is 18.3. The second kappa shape index (κ2) is 10.1. The first-order valence-corrected chi connectivity index (χ1v) is 10.1. The summed E-state index contributed by atoms with van der Waals surface area (Å²) >= 11 is 5.27. The number of ether oxygens (including phenoxy) is 2. The molecule has 3 N–H and O–H groups in total. The van der Waals surface area contributed by atoms with Crippen LogP contribution in [0.25, 0.3) is 11.3 Å². The number of hydrogen-bond acceptors (Lipinski definition) is 6. The van der Waals surface area contributed by atoms with E-state index in [9.17, 15) is 9.90 Å². The zero-order chi connectivity index (χ0) is 22.4. The van der Waals surface area contributed by atoms with E-state index >= 15 is 0 Å². The van der Waals surface area contributed by atoms with Gasteiger partial charge in [-0.1, -0.05) is 0 Å². The fraction of sp³-hybridized carbons (Fsp3) is 0.217. The van der Waals surface area contributed by atoms with Crippen molar-refractivity contribution in [1.82, 2.24) is 5.32 Å². The number of anilines is 1. The van der Waals surface area contributed by atoms with Gasteiger partial charge in [-0.05, 0) is 74.6 Å². The lowest BCUT2D eigenvalue weighted by molar-refractivity contribution is 0.0977. The number of methoxy groups -OCH3 is 1. The number of amides is 1. The minimum absolute atomic E-state index is 0.0596. The Morgan fingerprint density at radius 1 is 1.13 bits per heavy atom. The molecular weight excluding hydrogens is 416 g/mol. The molecule has 0 spiro atoms. The SMILES string of the molecule is COc1cc(NC(=S)NC(=O)c2ccc(OC(C)C)cc2)ccc1-c1ccc(CO)o1. The molecule has 2 aromatic carbocycles. The van der Waals surface area contributed by atoms with Crippen LogP contribution < -0.4 is 20.1 Å². The molecule has 0 saturated heterocycles. The molecule has 0 saturated carbocycles. The molecule has 0 radical (unpaired) electrons. The number of thiocarbonyl (C=S) groups is 1. The lowest BCUT2D eigenvalue weighted by Crippen LogP contribution is -2.34. The standard InChI is InChI=1S/C23H24N2O5S/c1-14(2)29-17-7-4-15(5-8-17)22(27)25-23(31)24-16-6-10-19(21(12-16)28-3)20-11-9-18(13-26)30-20/h4-12,14,26H,13H2,1-3H3,(H2,24,25,27,31). The fourth-order valence-electron chi connectivity index (χ4n) is 2.87. The molecule has 0 fully saturated rings. The van der Waals surface area contributed by atoms with Crippen LogP contribution in [0.5, 0.6) is 11.5 Å². The number of hydrogen-bond donors (Lipinski definition) is 3. The van der Waals surface area contributed by atoms with Gasteiger partial charge in [0.15, 0.2) is 5.11 Å². The normalized spacial score (nSPS) is 10.6. The molecule has 1 aromatic heterocycles. The van der Waals surface area contributed by atoms with E-state index < -0.39 is 0 Å². The van der Waals surface area contributed by atoms with E-state index in [1.54, 1.807) is 61.7 Å². The van der Waals surface area contributed by atoms with Crippen molar-refractivity contribution in [2.75, 3.05) is 12.4 Å². The van der Waals surface area contributed by atoms with E-state index in [0.29, 0.717) is 34.3 Å². The van der Waals surface area contributed by atoms with Gasteiger partial charge in [0, 0.05) is 17.3 Å². The molecule has 0 aliphatic carbocycles. The highest BCUT2D eigenvalue weighted by Gasteiger charge is 2.13. The summed E-state index contributed by atoms with van der Waals surface area (Å²) < 4.78 is 16.6. The van der Waals surface area contributed by atoms with Crippen LogP contribution in [0.15, 0.2) is 59.0 Å². The molecule has 0 aliphatic heterocycles. The van der Waals surface area contributed by atoms with Crippen molar-refractivity contribution in [1.29, 1.82) is 0 Å². The van der Waals surface area contributed by atoms with Gasteiger partial charge in [-0.25, -0.2) is 0 Å². The average Bonchev–Trinajstić information content (AvgIpc) is 3.22. The van der Waals surface area contributed by atoms with Gasteiger partial charge < -0.3 is 24.3 Å². The van der Waals surface area contributed by atoms with Gasteiger partial charge in [0.2, 0.25) is 0 Å². The van der Waals surface area contributed by atoms with Gasteiger partial charge in [0.1, 0.15) is 29.6 Å². The van der Waals surface area contributed by atoms with E-state index in [-0.39, 0.29) is 23.7 Å². The molecule has 0 aliphatic rings. The third-order valence-corrected chi connectivity index (χ3v) is 4.46. The van der Waals surface area contributed by atoms with Crippen molar-refractivity contribution < 1.29 is 23.8 Å². The van der Waals surface area contributed by atoms with Crippen LogP contribution in [0.3, 0.4) is 0 Å². The first-order chi connectivity index (χ1) is 14.9. The van der Waals surface area contributed by atoms with Crippen LogP contribution in [0.2, 0.25) is 0 Å². The maximum Gasteiger partial charge on any atom is 0.257 e. The summed E-state index contributed by atoms with van der Waals surface area (Å²) in [7, 11) is 1.55. The van der Waals surface area contributed by atoms with Crippen LogP contribution in [0.4, 0.5) is 5.69 Å².